The number of rotatable bonds is 3. The zero-order valence-electron chi connectivity index (χ0n) is 9.43. The maximum Gasteiger partial charge on any atom is 0.328 e. The van der Waals surface area contributed by atoms with E-state index in [9.17, 15) is 4.79 Å². The van der Waals surface area contributed by atoms with Gasteiger partial charge in [-0.25, -0.2) is 9.78 Å². The highest BCUT2D eigenvalue weighted by Gasteiger charge is 2.10. The van der Waals surface area contributed by atoms with E-state index in [1.54, 1.807) is 6.08 Å². The second-order valence-electron chi connectivity index (χ2n) is 3.55. The van der Waals surface area contributed by atoms with E-state index in [1.807, 2.05) is 26.0 Å². The molecule has 0 amide bonds. The topological polar surface area (TPSA) is 63.3 Å². The number of carbonyl (C=O) groups is 1. The Balaban J connectivity index is 2.33. The first-order valence-electron chi connectivity index (χ1n) is 5.01. The predicted octanol–water partition coefficient (Wildman–Crippen LogP) is 3.12. The molecule has 0 unspecified atom stereocenters. The maximum absolute atomic E-state index is 10.4. The van der Waals surface area contributed by atoms with E-state index in [0.29, 0.717) is 5.76 Å². The van der Waals surface area contributed by atoms with Crippen molar-refractivity contribution in [2.24, 2.45) is 0 Å². The molecule has 0 spiro atoms. The number of hydrogen-bond acceptors (Lipinski definition) is 4. The molecule has 2 rings (SSSR count). The Morgan fingerprint density at radius 2 is 2.24 bits per heavy atom. The molecule has 88 valence electrons. The van der Waals surface area contributed by atoms with Crippen molar-refractivity contribution in [3.63, 3.8) is 0 Å². The Morgan fingerprint density at radius 1 is 1.47 bits per heavy atom. The van der Waals surface area contributed by atoms with Crippen LogP contribution in [0.3, 0.4) is 0 Å². The normalized spacial score (nSPS) is 11.2. The molecule has 4 nitrogen and oxygen atoms in total. The first kappa shape index (κ1) is 11.6. The quantitative estimate of drug-likeness (QED) is 0.849. The smallest absolute Gasteiger partial charge is 0.328 e. The fourth-order valence-electron chi connectivity index (χ4n) is 1.36. The van der Waals surface area contributed by atoms with Crippen LogP contribution < -0.4 is 0 Å². The molecular formula is C12H11NO3S. The maximum atomic E-state index is 10.4. The summed E-state index contributed by atoms with van der Waals surface area (Å²) in [6, 6.07) is 3.73. The molecular weight excluding hydrogens is 238 g/mol. The summed E-state index contributed by atoms with van der Waals surface area (Å²) in [7, 11) is 0. The van der Waals surface area contributed by atoms with Crippen molar-refractivity contribution in [1.29, 1.82) is 0 Å². The van der Waals surface area contributed by atoms with Crippen LogP contribution in [0.25, 0.3) is 16.8 Å². The second-order valence-corrected chi connectivity index (χ2v) is 4.58. The van der Waals surface area contributed by atoms with Crippen LogP contribution in [-0.2, 0) is 4.79 Å². The SMILES string of the molecule is Cc1ccc(-c2nc(C)c(/C=C/C(=O)O)s2)o1. The number of aryl methyl sites for hydroxylation is 2. The average Bonchev–Trinajstić information content (AvgIpc) is 2.82. The number of nitrogens with zero attached hydrogens (tertiary/aromatic N) is 1. The molecule has 0 aliphatic carbocycles. The number of carboxylic acid groups (broad SMARTS) is 1. The monoisotopic (exact) mass is 249 g/mol. The summed E-state index contributed by atoms with van der Waals surface area (Å²) in [6.07, 6.45) is 2.66. The van der Waals surface area contributed by atoms with Gasteiger partial charge in [0.2, 0.25) is 0 Å². The Morgan fingerprint density at radius 3 is 2.82 bits per heavy atom. The zero-order valence-corrected chi connectivity index (χ0v) is 10.2. The van der Waals surface area contributed by atoms with Gasteiger partial charge in [0.25, 0.3) is 0 Å². The molecule has 2 aromatic heterocycles. The first-order chi connectivity index (χ1) is 8.06. The van der Waals surface area contributed by atoms with E-state index < -0.39 is 5.97 Å². The Labute approximate surface area is 102 Å². The molecule has 5 heteroatoms. The van der Waals surface area contributed by atoms with Crippen molar-refractivity contribution in [3.05, 3.63) is 34.5 Å². The van der Waals surface area contributed by atoms with E-state index in [4.69, 9.17) is 9.52 Å². The molecule has 2 heterocycles. The fraction of sp³-hybridized carbons (Fsp3) is 0.167. The van der Waals surface area contributed by atoms with Gasteiger partial charge in [-0.2, -0.15) is 0 Å². The van der Waals surface area contributed by atoms with Gasteiger partial charge in [-0.1, -0.05) is 0 Å². The van der Waals surface area contributed by atoms with Crippen LogP contribution in [0.5, 0.6) is 0 Å². The molecule has 0 radical (unpaired) electrons. The van der Waals surface area contributed by atoms with Crippen molar-refractivity contribution in [2.45, 2.75) is 13.8 Å². The number of aromatic nitrogens is 1. The van der Waals surface area contributed by atoms with Crippen molar-refractivity contribution < 1.29 is 14.3 Å². The second kappa shape index (κ2) is 4.55. The minimum Gasteiger partial charge on any atom is -0.478 e. The number of aliphatic carboxylic acids is 1. The largest absolute Gasteiger partial charge is 0.478 e. The number of furan rings is 1. The summed E-state index contributed by atoms with van der Waals surface area (Å²) in [5, 5.41) is 9.34. The molecule has 0 atom stereocenters. The van der Waals surface area contributed by atoms with Crippen molar-refractivity contribution in [1.82, 2.24) is 4.98 Å². The van der Waals surface area contributed by atoms with Crippen LogP contribution in [0, 0.1) is 13.8 Å². The van der Waals surface area contributed by atoms with Gasteiger partial charge in [0.15, 0.2) is 10.8 Å². The third kappa shape index (κ3) is 2.62. The van der Waals surface area contributed by atoms with Gasteiger partial charge in [0.1, 0.15) is 5.76 Å². The number of carboxylic acids is 1. The van der Waals surface area contributed by atoms with Gasteiger partial charge in [-0.3, -0.25) is 0 Å². The Bertz CT molecular complexity index is 580. The van der Waals surface area contributed by atoms with Crippen LogP contribution in [0.1, 0.15) is 16.3 Å². The molecule has 17 heavy (non-hydrogen) atoms. The molecule has 0 aliphatic heterocycles. The third-order valence-electron chi connectivity index (χ3n) is 2.16. The highest BCUT2D eigenvalue weighted by molar-refractivity contribution is 7.16. The zero-order chi connectivity index (χ0) is 12.4. The summed E-state index contributed by atoms with van der Waals surface area (Å²) in [4.78, 5) is 15.6. The van der Waals surface area contributed by atoms with Gasteiger partial charge in [0.05, 0.1) is 10.6 Å². The average molecular weight is 249 g/mol. The van der Waals surface area contributed by atoms with E-state index in [0.717, 1.165) is 27.4 Å². The molecule has 0 saturated heterocycles. The van der Waals surface area contributed by atoms with Gasteiger partial charge < -0.3 is 9.52 Å². The standard InChI is InChI=1S/C12H11NO3S/c1-7-3-4-9(16-7)12-13-8(2)10(17-12)5-6-11(14)15/h3-6H,1-2H3,(H,14,15)/b6-5+. The summed E-state index contributed by atoms with van der Waals surface area (Å²) in [5.41, 5.74) is 0.802. The summed E-state index contributed by atoms with van der Waals surface area (Å²) < 4.78 is 5.47. The Hall–Kier alpha value is -1.88. The number of hydrogen-bond donors (Lipinski definition) is 1. The van der Waals surface area contributed by atoms with Crippen LogP contribution in [-0.4, -0.2) is 16.1 Å². The van der Waals surface area contributed by atoms with E-state index in [1.165, 1.54) is 11.3 Å². The fourth-order valence-corrected chi connectivity index (χ4v) is 2.30. The summed E-state index contributed by atoms with van der Waals surface area (Å²) >= 11 is 1.41. The van der Waals surface area contributed by atoms with Crippen LogP contribution in [0.15, 0.2) is 22.6 Å². The third-order valence-corrected chi connectivity index (χ3v) is 3.30. The van der Waals surface area contributed by atoms with Crippen molar-refractivity contribution in [2.75, 3.05) is 0 Å². The molecule has 0 aliphatic rings. The summed E-state index contributed by atoms with van der Waals surface area (Å²) in [6.45, 7) is 3.71. The Kier molecular flexibility index (Phi) is 3.10. The molecule has 0 bridgehead atoms. The van der Waals surface area contributed by atoms with Gasteiger partial charge in [0, 0.05) is 6.08 Å². The molecule has 2 aromatic rings. The first-order valence-corrected chi connectivity index (χ1v) is 5.83. The van der Waals surface area contributed by atoms with Crippen LogP contribution in [0.2, 0.25) is 0 Å². The lowest BCUT2D eigenvalue weighted by Gasteiger charge is -1.86. The van der Waals surface area contributed by atoms with Crippen LogP contribution >= 0.6 is 11.3 Å². The van der Waals surface area contributed by atoms with Crippen molar-refractivity contribution >= 4 is 23.4 Å². The number of thiazole rings is 1. The van der Waals surface area contributed by atoms with E-state index >= 15 is 0 Å². The van der Waals surface area contributed by atoms with E-state index in [2.05, 4.69) is 4.98 Å². The lowest BCUT2D eigenvalue weighted by molar-refractivity contribution is -0.131. The lowest BCUT2D eigenvalue weighted by Crippen LogP contribution is -1.85. The van der Waals surface area contributed by atoms with Gasteiger partial charge in [-0.05, 0) is 32.1 Å². The van der Waals surface area contributed by atoms with Gasteiger partial charge in [-0.15, -0.1) is 11.3 Å². The van der Waals surface area contributed by atoms with E-state index in [-0.39, 0.29) is 0 Å². The minimum absolute atomic E-state index is 0.713. The van der Waals surface area contributed by atoms with Crippen molar-refractivity contribution in [3.8, 4) is 10.8 Å². The van der Waals surface area contributed by atoms with Crippen LogP contribution in [0.4, 0.5) is 0 Å². The molecule has 1 N–H and O–H groups in total. The minimum atomic E-state index is -0.965. The highest BCUT2D eigenvalue weighted by atomic mass is 32.1. The predicted molar refractivity (Wildman–Crippen MR) is 66.0 cm³/mol. The highest BCUT2D eigenvalue weighted by Crippen LogP contribution is 2.29. The molecule has 0 saturated carbocycles. The molecule has 0 fully saturated rings. The summed E-state index contributed by atoms with van der Waals surface area (Å²) in [5.74, 6) is 0.578. The lowest BCUT2D eigenvalue weighted by atomic mass is 10.3. The molecule has 0 aromatic carbocycles. The van der Waals surface area contributed by atoms with Gasteiger partial charge >= 0.3 is 5.97 Å².